The van der Waals surface area contributed by atoms with Crippen molar-refractivity contribution < 1.29 is 19.1 Å². The predicted molar refractivity (Wildman–Crippen MR) is 112 cm³/mol. The lowest BCUT2D eigenvalue weighted by Gasteiger charge is -2.07. The van der Waals surface area contributed by atoms with Gasteiger partial charge in [-0.25, -0.2) is 14.6 Å². The summed E-state index contributed by atoms with van der Waals surface area (Å²) in [4.78, 5) is 28.3. The van der Waals surface area contributed by atoms with Gasteiger partial charge in [0.2, 0.25) is 0 Å². The second-order valence-electron chi connectivity index (χ2n) is 7.24. The minimum absolute atomic E-state index is 0.153. The summed E-state index contributed by atoms with van der Waals surface area (Å²) in [6, 6.07) is 3.02. The quantitative estimate of drug-likeness (QED) is 0.251. The Morgan fingerprint density at radius 2 is 1.25 bits per heavy atom. The molecule has 0 amide bonds. The van der Waals surface area contributed by atoms with E-state index in [1.807, 2.05) is 0 Å². The molecule has 0 aliphatic heterocycles. The summed E-state index contributed by atoms with van der Waals surface area (Å²) in [6.07, 6.45) is 15.1. The zero-order valence-corrected chi connectivity index (χ0v) is 17.7. The molecular formula is C23H37NO4. The van der Waals surface area contributed by atoms with Crippen LogP contribution < -0.4 is 0 Å². The highest BCUT2D eigenvalue weighted by atomic mass is 16.5. The summed E-state index contributed by atoms with van der Waals surface area (Å²) < 4.78 is 10.6. The maximum Gasteiger partial charge on any atom is 0.356 e. The third-order valence-corrected chi connectivity index (χ3v) is 4.67. The Balaban J connectivity index is 2.27. The number of ether oxygens (including phenoxy) is 2. The van der Waals surface area contributed by atoms with Crippen molar-refractivity contribution in [3.8, 4) is 0 Å². The molecule has 0 saturated heterocycles. The molecule has 0 aromatic carbocycles. The van der Waals surface area contributed by atoms with Gasteiger partial charge >= 0.3 is 11.9 Å². The van der Waals surface area contributed by atoms with Crippen LogP contribution in [0.3, 0.4) is 0 Å². The molecule has 0 unspecified atom stereocenters. The first kappa shape index (κ1) is 24.1. The molecule has 158 valence electrons. The monoisotopic (exact) mass is 391 g/mol. The minimum atomic E-state index is -0.487. The standard InChI is InChI=1S/C23H37NO4/c1-3-5-7-9-11-13-17-27-22(25)20-15-16-24-21(19-20)23(26)28-18-14-12-10-8-6-4-2/h15-16,19H,3-14,17-18H2,1-2H3. The van der Waals surface area contributed by atoms with Crippen LogP contribution in [0, 0.1) is 0 Å². The average molecular weight is 392 g/mol. The van der Waals surface area contributed by atoms with Gasteiger partial charge in [-0.15, -0.1) is 0 Å². The van der Waals surface area contributed by atoms with Crippen molar-refractivity contribution in [3.63, 3.8) is 0 Å². The first-order chi connectivity index (χ1) is 13.7. The third kappa shape index (κ3) is 11.1. The van der Waals surface area contributed by atoms with Crippen molar-refractivity contribution in [1.29, 1.82) is 0 Å². The number of carbonyl (C=O) groups excluding carboxylic acids is 2. The van der Waals surface area contributed by atoms with E-state index in [0.29, 0.717) is 18.8 Å². The summed E-state index contributed by atoms with van der Waals surface area (Å²) in [5.74, 6) is -0.903. The van der Waals surface area contributed by atoms with Gasteiger partial charge < -0.3 is 9.47 Å². The highest BCUT2D eigenvalue weighted by Crippen LogP contribution is 2.09. The van der Waals surface area contributed by atoms with Crippen LogP contribution in [0.25, 0.3) is 0 Å². The zero-order chi connectivity index (χ0) is 20.5. The molecule has 0 fully saturated rings. The van der Waals surface area contributed by atoms with E-state index in [1.165, 1.54) is 63.6 Å². The third-order valence-electron chi connectivity index (χ3n) is 4.67. The molecule has 28 heavy (non-hydrogen) atoms. The Morgan fingerprint density at radius 3 is 1.82 bits per heavy atom. The Labute approximate surface area is 170 Å². The fourth-order valence-corrected chi connectivity index (χ4v) is 2.92. The summed E-state index contributed by atoms with van der Waals surface area (Å²) in [7, 11) is 0. The fourth-order valence-electron chi connectivity index (χ4n) is 2.92. The number of esters is 2. The Bertz CT molecular complexity index is 514. The van der Waals surface area contributed by atoms with E-state index < -0.39 is 11.9 Å². The number of unbranched alkanes of at least 4 members (excludes halogenated alkanes) is 10. The number of rotatable bonds is 16. The second-order valence-corrected chi connectivity index (χ2v) is 7.24. The predicted octanol–water partition coefficient (Wildman–Crippen LogP) is 6.12. The van der Waals surface area contributed by atoms with E-state index in [0.717, 1.165) is 25.7 Å². The molecule has 0 bridgehead atoms. The highest BCUT2D eigenvalue weighted by Gasteiger charge is 2.13. The molecule has 1 aromatic heterocycles. The van der Waals surface area contributed by atoms with E-state index in [-0.39, 0.29) is 5.69 Å². The zero-order valence-electron chi connectivity index (χ0n) is 17.7. The number of hydrogen-bond acceptors (Lipinski definition) is 5. The molecular weight excluding hydrogens is 354 g/mol. The first-order valence-electron chi connectivity index (χ1n) is 11.0. The van der Waals surface area contributed by atoms with Gasteiger partial charge in [-0.2, -0.15) is 0 Å². The van der Waals surface area contributed by atoms with Gasteiger partial charge in [-0.3, -0.25) is 0 Å². The van der Waals surface area contributed by atoms with Crippen LogP contribution in [0.2, 0.25) is 0 Å². The first-order valence-corrected chi connectivity index (χ1v) is 11.0. The molecule has 5 nitrogen and oxygen atoms in total. The van der Waals surface area contributed by atoms with Crippen molar-refractivity contribution in [3.05, 3.63) is 29.6 Å². The van der Waals surface area contributed by atoms with E-state index in [4.69, 9.17) is 9.47 Å². The summed E-state index contributed by atoms with van der Waals surface area (Å²) in [5, 5.41) is 0. The molecule has 0 atom stereocenters. The molecule has 0 aliphatic carbocycles. The van der Waals surface area contributed by atoms with Crippen LogP contribution in [-0.4, -0.2) is 30.1 Å². The van der Waals surface area contributed by atoms with Crippen LogP contribution in [-0.2, 0) is 9.47 Å². The summed E-state index contributed by atoms with van der Waals surface area (Å²) in [6.45, 7) is 5.17. The average Bonchev–Trinajstić information content (AvgIpc) is 2.72. The van der Waals surface area contributed by atoms with Gasteiger partial charge in [0.15, 0.2) is 0 Å². The minimum Gasteiger partial charge on any atom is -0.462 e. The maximum atomic E-state index is 12.1. The lowest BCUT2D eigenvalue weighted by molar-refractivity contribution is 0.0490. The Hall–Kier alpha value is -1.91. The largest absolute Gasteiger partial charge is 0.462 e. The second kappa shape index (κ2) is 16.1. The van der Waals surface area contributed by atoms with Crippen molar-refractivity contribution >= 4 is 11.9 Å². The van der Waals surface area contributed by atoms with E-state index in [1.54, 1.807) is 6.07 Å². The number of nitrogens with zero attached hydrogens (tertiary/aromatic N) is 1. The van der Waals surface area contributed by atoms with Gasteiger partial charge in [-0.1, -0.05) is 78.1 Å². The summed E-state index contributed by atoms with van der Waals surface area (Å²) >= 11 is 0. The summed E-state index contributed by atoms with van der Waals surface area (Å²) in [5.41, 5.74) is 0.493. The van der Waals surface area contributed by atoms with E-state index >= 15 is 0 Å². The highest BCUT2D eigenvalue weighted by molar-refractivity contribution is 5.93. The molecule has 1 heterocycles. The fraction of sp³-hybridized carbons (Fsp3) is 0.696. The van der Waals surface area contributed by atoms with Gasteiger partial charge in [0.25, 0.3) is 0 Å². The van der Waals surface area contributed by atoms with Gasteiger partial charge in [0.1, 0.15) is 5.69 Å². The van der Waals surface area contributed by atoms with Crippen molar-refractivity contribution in [2.24, 2.45) is 0 Å². The molecule has 1 aromatic rings. The Morgan fingerprint density at radius 1 is 0.750 bits per heavy atom. The Kier molecular flexibility index (Phi) is 13.9. The van der Waals surface area contributed by atoms with Gasteiger partial charge in [-0.05, 0) is 25.0 Å². The van der Waals surface area contributed by atoms with Gasteiger partial charge in [0, 0.05) is 6.20 Å². The van der Waals surface area contributed by atoms with E-state index in [9.17, 15) is 9.59 Å². The van der Waals surface area contributed by atoms with Gasteiger partial charge in [0.05, 0.1) is 18.8 Å². The van der Waals surface area contributed by atoms with Crippen molar-refractivity contribution in [2.75, 3.05) is 13.2 Å². The normalized spacial score (nSPS) is 10.6. The van der Waals surface area contributed by atoms with Crippen LogP contribution >= 0.6 is 0 Å². The maximum absolute atomic E-state index is 12.1. The molecule has 0 saturated carbocycles. The van der Waals surface area contributed by atoms with E-state index in [2.05, 4.69) is 18.8 Å². The van der Waals surface area contributed by atoms with Crippen LogP contribution in [0.15, 0.2) is 18.3 Å². The molecule has 0 spiro atoms. The van der Waals surface area contributed by atoms with Crippen molar-refractivity contribution in [1.82, 2.24) is 4.98 Å². The van der Waals surface area contributed by atoms with Crippen LogP contribution in [0.5, 0.6) is 0 Å². The molecule has 5 heteroatoms. The van der Waals surface area contributed by atoms with Crippen LogP contribution in [0.4, 0.5) is 0 Å². The molecule has 0 radical (unpaired) electrons. The topological polar surface area (TPSA) is 65.5 Å². The molecule has 0 N–H and O–H groups in total. The number of aromatic nitrogens is 1. The number of carbonyl (C=O) groups is 2. The molecule has 0 aliphatic rings. The lowest BCUT2D eigenvalue weighted by atomic mass is 10.1. The van der Waals surface area contributed by atoms with Crippen LogP contribution in [0.1, 0.15) is 112 Å². The molecule has 1 rings (SSSR count). The number of hydrogen-bond donors (Lipinski definition) is 0. The van der Waals surface area contributed by atoms with Crippen molar-refractivity contribution in [2.45, 2.75) is 90.9 Å². The number of pyridine rings is 1. The smallest absolute Gasteiger partial charge is 0.356 e. The lowest BCUT2D eigenvalue weighted by Crippen LogP contribution is -2.12. The SMILES string of the molecule is CCCCCCCCOC(=O)c1ccnc(C(=O)OCCCCCCCC)c1.